The van der Waals surface area contributed by atoms with E-state index in [0.29, 0.717) is 12.1 Å². The topological polar surface area (TPSA) is 66.7 Å². The van der Waals surface area contributed by atoms with Crippen LogP contribution in [0.15, 0.2) is 24.4 Å². The van der Waals surface area contributed by atoms with Crippen molar-refractivity contribution in [3.63, 3.8) is 0 Å². The Bertz CT molecular complexity index is 505. The number of hydrogen-bond acceptors (Lipinski definition) is 3. The van der Waals surface area contributed by atoms with Gasteiger partial charge in [0.05, 0.1) is 11.7 Å². The van der Waals surface area contributed by atoms with E-state index < -0.39 is 0 Å². The molecule has 0 saturated heterocycles. The molecule has 2 atom stereocenters. The molecule has 0 amide bonds. The van der Waals surface area contributed by atoms with E-state index in [-0.39, 0.29) is 0 Å². The summed E-state index contributed by atoms with van der Waals surface area (Å²) in [6.07, 6.45) is 6.53. The fourth-order valence-electron chi connectivity index (χ4n) is 2.67. The van der Waals surface area contributed by atoms with Crippen LogP contribution in [0.5, 0.6) is 0 Å². The maximum Gasteiger partial charge on any atom is 0.0671 e. The second-order valence-corrected chi connectivity index (χ2v) is 4.90. The van der Waals surface area contributed by atoms with Crippen LogP contribution in [0.4, 0.5) is 5.69 Å². The van der Waals surface area contributed by atoms with E-state index >= 15 is 0 Å². The summed E-state index contributed by atoms with van der Waals surface area (Å²) in [5.74, 6) is 0. The van der Waals surface area contributed by atoms with E-state index in [9.17, 15) is 0 Å². The molecule has 3 rings (SSSR count). The Labute approximate surface area is 101 Å². The van der Waals surface area contributed by atoms with Crippen LogP contribution in [0.1, 0.15) is 25.7 Å². The van der Waals surface area contributed by atoms with Crippen molar-refractivity contribution in [3.05, 3.63) is 24.4 Å². The minimum atomic E-state index is 0.352. The number of H-pyrrole nitrogens is 1. The number of rotatable bonds is 2. The van der Waals surface area contributed by atoms with Gasteiger partial charge in [0.25, 0.3) is 0 Å². The number of nitrogens with one attached hydrogen (secondary N) is 2. The summed E-state index contributed by atoms with van der Waals surface area (Å²) in [6.45, 7) is 0. The van der Waals surface area contributed by atoms with Gasteiger partial charge in [-0.15, -0.1) is 0 Å². The SMILES string of the molecule is NC1CCCC(Nc2cccc3[nH]ncc23)C1. The molecule has 2 unspecified atom stereocenters. The molecule has 1 saturated carbocycles. The lowest BCUT2D eigenvalue weighted by molar-refractivity contribution is 0.410. The zero-order valence-corrected chi connectivity index (χ0v) is 9.82. The summed E-state index contributed by atoms with van der Waals surface area (Å²) in [4.78, 5) is 0. The van der Waals surface area contributed by atoms with E-state index in [4.69, 9.17) is 5.73 Å². The lowest BCUT2D eigenvalue weighted by Crippen LogP contribution is -2.34. The third kappa shape index (κ3) is 2.13. The van der Waals surface area contributed by atoms with Gasteiger partial charge in [0, 0.05) is 23.2 Å². The predicted molar refractivity (Wildman–Crippen MR) is 69.9 cm³/mol. The second kappa shape index (κ2) is 4.37. The number of nitrogens with zero attached hydrogens (tertiary/aromatic N) is 1. The summed E-state index contributed by atoms with van der Waals surface area (Å²) < 4.78 is 0. The fraction of sp³-hybridized carbons (Fsp3) is 0.462. The average molecular weight is 230 g/mol. The van der Waals surface area contributed by atoms with E-state index in [1.807, 2.05) is 18.3 Å². The largest absolute Gasteiger partial charge is 0.382 e. The van der Waals surface area contributed by atoms with Gasteiger partial charge in [0.2, 0.25) is 0 Å². The van der Waals surface area contributed by atoms with E-state index in [1.165, 1.54) is 12.8 Å². The van der Waals surface area contributed by atoms with Gasteiger partial charge in [-0.3, -0.25) is 5.10 Å². The van der Waals surface area contributed by atoms with Crippen molar-refractivity contribution in [2.75, 3.05) is 5.32 Å². The molecule has 4 nitrogen and oxygen atoms in total. The molecule has 0 bridgehead atoms. The minimum Gasteiger partial charge on any atom is -0.382 e. The molecule has 2 aromatic rings. The lowest BCUT2D eigenvalue weighted by atomic mass is 9.91. The highest BCUT2D eigenvalue weighted by Gasteiger charge is 2.19. The molecule has 0 spiro atoms. The summed E-state index contributed by atoms with van der Waals surface area (Å²) in [6, 6.07) is 7.05. The van der Waals surface area contributed by atoms with E-state index in [0.717, 1.165) is 29.4 Å². The standard InChI is InChI=1S/C13H18N4/c14-9-3-1-4-10(7-9)16-12-5-2-6-13-11(12)8-15-17-13/h2,5-6,8-10,16H,1,3-4,7,14H2,(H,15,17). The summed E-state index contributed by atoms with van der Waals surface area (Å²) in [7, 11) is 0. The highest BCUT2D eigenvalue weighted by Crippen LogP contribution is 2.25. The molecule has 0 aliphatic heterocycles. The molecule has 1 fully saturated rings. The van der Waals surface area contributed by atoms with Crippen LogP contribution in [0.3, 0.4) is 0 Å². The number of hydrogen-bond donors (Lipinski definition) is 3. The summed E-state index contributed by atoms with van der Waals surface area (Å²) in [5, 5.41) is 11.8. The predicted octanol–water partition coefficient (Wildman–Crippen LogP) is 2.24. The van der Waals surface area contributed by atoms with Gasteiger partial charge in [0.1, 0.15) is 0 Å². The van der Waals surface area contributed by atoms with Crippen molar-refractivity contribution in [2.24, 2.45) is 5.73 Å². The van der Waals surface area contributed by atoms with Crippen LogP contribution in [0, 0.1) is 0 Å². The first-order chi connectivity index (χ1) is 8.33. The Morgan fingerprint density at radius 1 is 1.35 bits per heavy atom. The van der Waals surface area contributed by atoms with Crippen molar-refractivity contribution in [1.29, 1.82) is 0 Å². The summed E-state index contributed by atoms with van der Waals surface area (Å²) >= 11 is 0. The van der Waals surface area contributed by atoms with Crippen molar-refractivity contribution < 1.29 is 0 Å². The smallest absolute Gasteiger partial charge is 0.0671 e. The Morgan fingerprint density at radius 3 is 3.18 bits per heavy atom. The zero-order chi connectivity index (χ0) is 11.7. The molecule has 4 N–H and O–H groups in total. The maximum absolute atomic E-state index is 6.01. The van der Waals surface area contributed by atoms with Gasteiger partial charge in [-0.2, -0.15) is 5.10 Å². The molecule has 1 aliphatic rings. The van der Waals surface area contributed by atoms with Crippen molar-refractivity contribution in [1.82, 2.24) is 10.2 Å². The molecular formula is C13H18N4. The lowest BCUT2D eigenvalue weighted by Gasteiger charge is -2.28. The van der Waals surface area contributed by atoms with Crippen LogP contribution in [-0.4, -0.2) is 22.3 Å². The number of fused-ring (bicyclic) bond motifs is 1. The third-order valence-corrected chi connectivity index (χ3v) is 3.56. The van der Waals surface area contributed by atoms with Crippen molar-refractivity contribution in [3.8, 4) is 0 Å². The molecule has 1 aromatic carbocycles. The highest BCUT2D eigenvalue weighted by atomic mass is 15.1. The maximum atomic E-state index is 6.01. The molecule has 17 heavy (non-hydrogen) atoms. The van der Waals surface area contributed by atoms with Crippen molar-refractivity contribution >= 4 is 16.6 Å². The van der Waals surface area contributed by atoms with Gasteiger partial charge in [-0.1, -0.05) is 6.07 Å². The Hall–Kier alpha value is -1.55. The molecule has 1 aromatic heterocycles. The normalized spacial score (nSPS) is 25.0. The molecule has 1 aliphatic carbocycles. The number of nitrogens with two attached hydrogens (primary N) is 1. The van der Waals surface area contributed by atoms with Gasteiger partial charge in [-0.25, -0.2) is 0 Å². The number of benzene rings is 1. The number of aromatic amines is 1. The van der Waals surface area contributed by atoms with E-state index in [2.05, 4.69) is 21.6 Å². The zero-order valence-electron chi connectivity index (χ0n) is 9.82. The Kier molecular flexibility index (Phi) is 2.73. The van der Waals surface area contributed by atoms with Crippen LogP contribution < -0.4 is 11.1 Å². The molecular weight excluding hydrogens is 212 g/mol. The monoisotopic (exact) mass is 230 g/mol. The van der Waals surface area contributed by atoms with Crippen LogP contribution in [0.2, 0.25) is 0 Å². The second-order valence-electron chi connectivity index (χ2n) is 4.90. The summed E-state index contributed by atoms with van der Waals surface area (Å²) in [5.41, 5.74) is 8.25. The minimum absolute atomic E-state index is 0.352. The molecule has 4 heteroatoms. The van der Waals surface area contributed by atoms with Gasteiger partial charge >= 0.3 is 0 Å². The first kappa shape index (κ1) is 10.6. The first-order valence-electron chi connectivity index (χ1n) is 6.27. The van der Waals surface area contributed by atoms with Gasteiger partial charge in [0.15, 0.2) is 0 Å². The van der Waals surface area contributed by atoms with Crippen molar-refractivity contribution in [2.45, 2.75) is 37.8 Å². The van der Waals surface area contributed by atoms with Crippen LogP contribution >= 0.6 is 0 Å². The van der Waals surface area contributed by atoms with Gasteiger partial charge < -0.3 is 11.1 Å². The molecule has 1 heterocycles. The van der Waals surface area contributed by atoms with E-state index in [1.54, 1.807) is 0 Å². The number of anilines is 1. The third-order valence-electron chi connectivity index (χ3n) is 3.56. The van der Waals surface area contributed by atoms with Gasteiger partial charge in [-0.05, 0) is 37.8 Å². The first-order valence-corrected chi connectivity index (χ1v) is 6.27. The van der Waals surface area contributed by atoms with Crippen LogP contribution in [-0.2, 0) is 0 Å². The highest BCUT2D eigenvalue weighted by molar-refractivity contribution is 5.90. The molecule has 0 radical (unpaired) electrons. The number of aromatic nitrogens is 2. The van der Waals surface area contributed by atoms with Crippen LogP contribution in [0.25, 0.3) is 10.9 Å². The quantitative estimate of drug-likeness (QED) is 0.741. The Balaban J connectivity index is 1.82. The molecule has 90 valence electrons. The average Bonchev–Trinajstić information content (AvgIpc) is 2.78. The fourth-order valence-corrected chi connectivity index (χ4v) is 2.67. The Morgan fingerprint density at radius 2 is 2.29 bits per heavy atom.